The predicted octanol–water partition coefficient (Wildman–Crippen LogP) is 4.14. The van der Waals surface area contributed by atoms with Crippen LogP contribution in [0.15, 0.2) is 18.2 Å². The van der Waals surface area contributed by atoms with Gasteiger partial charge in [0.25, 0.3) is 0 Å². The molecule has 1 aromatic rings. The Hall–Kier alpha value is -0.930. The van der Waals surface area contributed by atoms with E-state index in [1.807, 2.05) is 40.7 Å². The van der Waals surface area contributed by atoms with Crippen molar-refractivity contribution in [1.29, 1.82) is 0 Å². The average molecular weight is 283 g/mol. The summed E-state index contributed by atoms with van der Waals surface area (Å²) in [4.78, 5) is 2.26. The zero-order valence-corrected chi connectivity index (χ0v) is 13.6. The van der Waals surface area contributed by atoms with Gasteiger partial charge >= 0.3 is 0 Å². The van der Waals surface area contributed by atoms with Gasteiger partial charge < -0.3 is 5.11 Å². The second kappa shape index (κ2) is 10.8. The molecule has 20 heavy (non-hydrogen) atoms. The van der Waals surface area contributed by atoms with E-state index >= 15 is 0 Å². The maximum absolute atomic E-state index is 13.2. The van der Waals surface area contributed by atoms with Crippen molar-refractivity contribution in [3.63, 3.8) is 0 Å². The Kier molecular flexibility index (Phi) is 10.3. The number of halogens is 1. The monoisotopic (exact) mass is 283 g/mol. The van der Waals surface area contributed by atoms with Gasteiger partial charge in [0, 0.05) is 19.6 Å². The summed E-state index contributed by atoms with van der Waals surface area (Å²) in [6, 6.07) is 5.16. The number of nitrogens with zero attached hydrogens (tertiary/aromatic N) is 1. The van der Waals surface area contributed by atoms with E-state index in [4.69, 9.17) is 0 Å². The third-order valence-electron chi connectivity index (χ3n) is 3.07. The van der Waals surface area contributed by atoms with Crippen LogP contribution < -0.4 is 0 Å². The molecule has 1 fully saturated rings. The van der Waals surface area contributed by atoms with Crippen molar-refractivity contribution in [2.75, 3.05) is 13.1 Å². The molecule has 1 aromatic carbocycles. The fraction of sp³-hybridized carbons (Fsp3) is 0.647. The van der Waals surface area contributed by atoms with Crippen molar-refractivity contribution in [3.05, 3.63) is 35.1 Å². The molecule has 116 valence electrons. The number of aliphatic hydroxyl groups excluding tert-OH is 1. The van der Waals surface area contributed by atoms with Crippen LogP contribution in [-0.2, 0) is 6.54 Å². The van der Waals surface area contributed by atoms with E-state index in [0.29, 0.717) is 0 Å². The van der Waals surface area contributed by atoms with Gasteiger partial charge in [-0.2, -0.15) is 0 Å². The van der Waals surface area contributed by atoms with Gasteiger partial charge in [0.05, 0.1) is 6.10 Å². The van der Waals surface area contributed by atoms with Crippen LogP contribution in [0.2, 0.25) is 0 Å². The van der Waals surface area contributed by atoms with E-state index in [2.05, 4.69) is 4.90 Å². The average Bonchev–Trinajstić information content (AvgIpc) is 2.45. The highest BCUT2D eigenvalue weighted by Crippen LogP contribution is 2.15. The van der Waals surface area contributed by atoms with Crippen LogP contribution in [0.4, 0.5) is 4.39 Å². The lowest BCUT2D eigenvalue weighted by molar-refractivity contribution is 0.0792. The van der Waals surface area contributed by atoms with Gasteiger partial charge in [-0.15, -0.1) is 0 Å². The highest BCUT2D eigenvalue weighted by Gasteiger charge is 2.16. The molecule has 0 unspecified atom stereocenters. The van der Waals surface area contributed by atoms with Gasteiger partial charge in [-0.25, -0.2) is 4.39 Å². The molecule has 0 radical (unpaired) electrons. The van der Waals surface area contributed by atoms with E-state index in [1.54, 1.807) is 12.1 Å². The molecule has 1 aliphatic rings. The summed E-state index contributed by atoms with van der Waals surface area (Å²) < 4.78 is 13.2. The minimum atomic E-state index is -0.160. The molecule has 1 saturated heterocycles. The first-order chi connectivity index (χ1) is 9.63. The number of piperidine rings is 1. The second-order valence-corrected chi connectivity index (χ2v) is 4.64. The maximum atomic E-state index is 13.2. The molecule has 1 aliphatic heterocycles. The number of aryl methyl sites for hydroxylation is 1. The highest BCUT2D eigenvalue weighted by atomic mass is 19.1. The smallest absolute Gasteiger partial charge is 0.123 e. The quantitative estimate of drug-likeness (QED) is 0.881. The van der Waals surface area contributed by atoms with Crippen molar-refractivity contribution in [3.8, 4) is 0 Å². The summed E-state index contributed by atoms with van der Waals surface area (Å²) >= 11 is 0. The van der Waals surface area contributed by atoms with Crippen LogP contribution in [0.3, 0.4) is 0 Å². The van der Waals surface area contributed by atoms with Crippen molar-refractivity contribution in [2.24, 2.45) is 0 Å². The maximum Gasteiger partial charge on any atom is 0.123 e. The molecule has 1 N–H and O–H groups in total. The molecular formula is C17H30FNO. The topological polar surface area (TPSA) is 23.5 Å². The van der Waals surface area contributed by atoms with Crippen LogP contribution >= 0.6 is 0 Å². The lowest BCUT2D eigenvalue weighted by Gasteiger charge is -2.29. The first-order valence-electron chi connectivity index (χ1n) is 7.80. The van der Waals surface area contributed by atoms with Gasteiger partial charge in [-0.1, -0.05) is 33.8 Å². The van der Waals surface area contributed by atoms with Gasteiger partial charge in [0.15, 0.2) is 0 Å². The van der Waals surface area contributed by atoms with Crippen molar-refractivity contribution in [1.82, 2.24) is 4.90 Å². The van der Waals surface area contributed by atoms with Crippen LogP contribution in [0.5, 0.6) is 0 Å². The molecule has 2 nitrogen and oxygen atoms in total. The van der Waals surface area contributed by atoms with Crippen LogP contribution in [0.1, 0.15) is 51.7 Å². The molecule has 0 spiro atoms. The summed E-state index contributed by atoms with van der Waals surface area (Å²) in [5.74, 6) is -0.160. The van der Waals surface area contributed by atoms with E-state index < -0.39 is 0 Å². The second-order valence-electron chi connectivity index (χ2n) is 4.64. The Morgan fingerprint density at radius 2 is 1.65 bits per heavy atom. The molecule has 2 rings (SSSR count). The normalized spacial score (nSPS) is 15.8. The largest absolute Gasteiger partial charge is 0.393 e. The van der Waals surface area contributed by atoms with E-state index in [9.17, 15) is 9.50 Å². The Bertz CT molecular complexity index is 340. The molecule has 0 aromatic heterocycles. The van der Waals surface area contributed by atoms with E-state index in [-0.39, 0.29) is 11.9 Å². The zero-order chi connectivity index (χ0) is 15.5. The number of benzene rings is 1. The molecule has 0 amide bonds. The Labute approximate surface area is 123 Å². The van der Waals surface area contributed by atoms with Crippen molar-refractivity contribution < 1.29 is 9.50 Å². The third-order valence-corrected chi connectivity index (χ3v) is 3.07. The summed E-state index contributed by atoms with van der Waals surface area (Å²) in [5.41, 5.74) is 1.99. The Balaban J connectivity index is 0.000000829. The Morgan fingerprint density at radius 3 is 2.15 bits per heavy atom. The van der Waals surface area contributed by atoms with Gasteiger partial charge in [-0.3, -0.25) is 4.90 Å². The summed E-state index contributed by atoms with van der Waals surface area (Å²) in [7, 11) is 0. The number of aliphatic hydroxyl groups is 1. The molecule has 0 saturated carbocycles. The molecule has 0 aliphatic carbocycles. The lowest BCUT2D eigenvalue weighted by atomic mass is 10.1. The van der Waals surface area contributed by atoms with Crippen LogP contribution in [-0.4, -0.2) is 29.2 Å². The van der Waals surface area contributed by atoms with Crippen molar-refractivity contribution >= 4 is 0 Å². The van der Waals surface area contributed by atoms with E-state index in [0.717, 1.165) is 43.6 Å². The fourth-order valence-electron chi connectivity index (χ4n) is 2.24. The summed E-state index contributed by atoms with van der Waals surface area (Å²) in [5, 5.41) is 9.39. The third kappa shape index (κ3) is 7.01. The molecule has 0 atom stereocenters. The number of hydrogen-bond donors (Lipinski definition) is 1. The highest BCUT2D eigenvalue weighted by molar-refractivity contribution is 5.23. The SMILES string of the molecule is CC.CC.Cc1cc(F)cc(CN2CCC(O)CC2)c1. The van der Waals surface area contributed by atoms with Crippen molar-refractivity contribution in [2.45, 2.75) is 60.1 Å². The lowest BCUT2D eigenvalue weighted by Crippen LogP contribution is -2.35. The first-order valence-corrected chi connectivity index (χ1v) is 7.80. The van der Waals surface area contributed by atoms with Gasteiger partial charge in [0.1, 0.15) is 5.82 Å². The standard InChI is InChI=1S/C13H18FNO.2C2H6/c1-10-6-11(8-12(14)7-10)9-15-4-2-13(16)3-5-15;2*1-2/h6-8,13,16H,2-5,9H2,1H3;2*1-2H3. The number of likely N-dealkylation sites (tertiary alicyclic amines) is 1. The van der Waals surface area contributed by atoms with Crippen LogP contribution in [0.25, 0.3) is 0 Å². The minimum Gasteiger partial charge on any atom is -0.393 e. The summed E-state index contributed by atoms with van der Waals surface area (Å²) in [6.07, 6.45) is 1.51. The number of rotatable bonds is 2. The molecular weight excluding hydrogens is 253 g/mol. The Morgan fingerprint density at radius 1 is 1.10 bits per heavy atom. The van der Waals surface area contributed by atoms with E-state index in [1.165, 1.54) is 0 Å². The predicted molar refractivity (Wildman–Crippen MR) is 84.4 cm³/mol. The van der Waals surface area contributed by atoms with Gasteiger partial charge in [0.2, 0.25) is 0 Å². The van der Waals surface area contributed by atoms with Gasteiger partial charge in [-0.05, 0) is 43.0 Å². The minimum absolute atomic E-state index is 0.148. The fourth-order valence-corrected chi connectivity index (χ4v) is 2.24. The molecule has 0 bridgehead atoms. The molecule has 3 heteroatoms. The first kappa shape index (κ1) is 19.1. The van der Waals surface area contributed by atoms with Crippen LogP contribution in [0, 0.1) is 12.7 Å². The number of hydrogen-bond acceptors (Lipinski definition) is 2. The summed E-state index contributed by atoms with van der Waals surface area (Å²) in [6.45, 7) is 12.5. The zero-order valence-electron chi connectivity index (χ0n) is 13.6. The molecule has 1 heterocycles.